The van der Waals surface area contributed by atoms with Crippen LogP contribution in [0.15, 0.2) is 30.3 Å². The normalized spacial score (nSPS) is 22.8. The fourth-order valence-electron chi connectivity index (χ4n) is 2.40. The van der Waals surface area contributed by atoms with Crippen LogP contribution in [-0.4, -0.2) is 11.8 Å². The maximum absolute atomic E-state index is 11.4. The van der Waals surface area contributed by atoms with E-state index in [4.69, 9.17) is 0 Å². The smallest absolute Gasteiger partial charge is 0.133 e. The molecule has 0 aromatic heterocycles. The molecule has 0 spiro atoms. The number of carbonyl (C=O) groups is 1. The summed E-state index contributed by atoms with van der Waals surface area (Å²) in [5.74, 6) is 0.930. The number of anilines is 1. The number of nitrogens with one attached hydrogen (secondary N) is 1. The molecule has 1 fully saturated rings. The third kappa shape index (κ3) is 2.84. The molecule has 0 bridgehead atoms. The van der Waals surface area contributed by atoms with Gasteiger partial charge in [0.1, 0.15) is 5.78 Å². The first-order chi connectivity index (χ1) is 7.75. The Labute approximate surface area is 97.1 Å². The van der Waals surface area contributed by atoms with E-state index < -0.39 is 0 Å². The van der Waals surface area contributed by atoms with E-state index in [0.29, 0.717) is 17.7 Å². The van der Waals surface area contributed by atoms with Gasteiger partial charge in [0, 0.05) is 24.6 Å². The molecule has 1 N–H and O–H groups in total. The maximum Gasteiger partial charge on any atom is 0.133 e. The zero-order valence-corrected chi connectivity index (χ0v) is 9.78. The lowest BCUT2D eigenvalue weighted by atomic mass is 9.84. The molecule has 1 aliphatic carbocycles. The van der Waals surface area contributed by atoms with Gasteiger partial charge < -0.3 is 5.32 Å². The Hall–Kier alpha value is -1.31. The molecule has 0 radical (unpaired) electrons. The highest BCUT2D eigenvalue weighted by atomic mass is 16.1. The van der Waals surface area contributed by atoms with Crippen LogP contribution in [0.5, 0.6) is 0 Å². The molecule has 2 unspecified atom stereocenters. The summed E-state index contributed by atoms with van der Waals surface area (Å²) >= 11 is 0. The minimum Gasteiger partial charge on any atom is -0.382 e. The molecule has 86 valence electrons. The van der Waals surface area contributed by atoms with Gasteiger partial charge in [-0.15, -0.1) is 0 Å². The predicted molar refractivity (Wildman–Crippen MR) is 66.5 cm³/mol. The average molecular weight is 217 g/mol. The van der Waals surface area contributed by atoms with Gasteiger partial charge in [0.05, 0.1) is 0 Å². The maximum atomic E-state index is 11.4. The molecule has 2 rings (SSSR count). The van der Waals surface area contributed by atoms with Crippen molar-refractivity contribution in [3.63, 3.8) is 0 Å². The highest BCUT2D eigenvalue weighted by molar-refractivity contribution is 5.79. The molecule has 1 aromatic carbocycles. The third-order valence-corrected chi connectivity index (χ3v) is 3.40. The van der Waals surface area contributed by atoms with Crippen LogP contribution in [-0.2, 0) is 4.79 Å². The molecule has 2 nitrogen and oxygen atoms in total. The number of benzene rings is 1. The van der Waals surface area contributed by atoms with Crippen LogP contribution in [0.1, 0.15) is 32.6 Å². The van der Waals surface area contributed by atoms with Gasteiger partial charge in [0.25, 0.3) is 0 Å². The Morgan fingerprint density at radius 1 is 1.31 bits per heavy atom. The molecule has 0 heterocycles. The van der Waals surface area contributed by atoms with E-state index in [9.17, 15) is 4.79 Å². The summed E-state index contributed by atoms with van der Waals surface area (Å²) in [6.45, 7) is 2.18. The van der Waals surface area contributed by atoms with Gasteiger partial charge in [-0.3, -0.25) is 4.79 Å². The summed E-state index contributed by atoms with van der Waals surface area (Å²) in [4.78, 5) is 11.4. The Morgan fingerprint density at radius 2 is 2.06 bits per heavy atom. The second-order valence-electron chi connectivity index (χ2n) is 4.69. The van der Waals surface area contributed by atoms with E-state index in [1.165, 1.54) is 6.42 Å². The van der Waals surface area contributed by atoms with Crippen molar-refractivity contribution >= 4 is 11.5 Å². The van der Waals surface area contributed by atoms with Crippen molar-refractivity contribution in [2.75, 3.05) is 5.32 Å². The topological polar surface area (TPSA) is 29.1 Å². The van der Waals surface area contributed by atoms with Crippen molar-refractivity contribution in [2.45, 2.75) is 38.6 Å². The van der Waals surface area contributed by atoms with Crippen LogP contribution < -0.4 is 5.32 Å². The van der Waals surface area contributed by atoms with Crippen molar-refractivity contribution in [3.05, 3.63) is 30.3 Å². The highest BCUT2D eigenvalue weighted by Crippen LogP contribution is 2.26. The van der Waals surface area contributed by atoms with Gasteiger partial charge >= 0.3 is 0 Å². The van der Waals surface area contributed by atoms with Crippen LogP contribution in [0.25, 0.3) is 0 Å². The van der Waals surface area contributed by atoms with E-state index in [-0.39, 0.29) is 0 Å². The van der Waals surface area contributed by atoms with Gasteiger partial charge in [-0.05, 0) is 37.8 Å². The Bertz CT molecular complexity index is 347. The van der Waals surface area contributed by atoms with Crippen LogP contribution in [0.2, 0.25) is 0 Å². The lowest BCUT2D eigenvalue weighted by Crippen LogP contribution is -2.30. The fourth-order valence-corrected chi connectivity index (χ4v) is 2.40. The minimum absolute atomic E-state index is 0.381. The summed E-state index contributed by atoms with van der Waals surface area (Å²) in [7, 11) is 0. The first-order valence-electron chi connectivity index (χ1n) is 6.09. The van der Waals surface area contributed by atoms with Crippen LogP contribution in [0, 0.1) is 5.92 Å². The van der Waals surface area contributed by atoms with Gasteiger partial charge in [0.15, 0.2) is 0 Å². The number of hydrogen-bond acceptors (Lipinski definition) is 2. The Kier molecular flexibility index (Phi) is 3.60. The van der Waals surface area contributed by atoms with Gasteiger partial charge in [-0.25, -0.2) is 0 Å². The van der Waals surface area contributed by atoms with Crippen LogP contribution >= 0.6 is 0 Å². The van der Waals surface area contributed by atoms with Crippen LogP contribution in [0.4, 0.5) is 5.69 Å². The Morgan fingerprint density at radius 3 is 2.75 bits per heavy atom. The number of para-hydroxylation sites is 1. The molecule has 16 heavy (non-hydrogen) atoms. The number of rotatable bonds is 3. The van der Waals surface area contributed by atoms with Gasteiger partial charge in [0.2, 0.25) is 0 Å². The summed E-state index contributed by atoms with van der Waals surface area (Å²) in [5, 5.41) is 3.48. The molecule has 1 saturated carbocycles. The molecule has 0 saturated heterocycles. The molecule has 0 aliphatic heterocycles. The third-order valence-electron chi connectivity index (χ3n) is 3.40. The molecule has 2 heteroatoms. The molecule has 1 aromatic rings. The Balaban J connectivity index is 1.92. The van der Waals surface area contributed by atoms with Crippen molar-refractivity contribution in [1.29, 1.82) is 0 Å². The van der Waals surface area contributed by atoms with E-state index >= 15 is 0 Å². The van der Waals surface area contributed by atoms with E-state index in [1.54, 1.807) is 0 Å². The average Bonchev–Trinajstić information content (AvgIpc) is 2.30. The standard InChI is InChI=1S/C14H19NO/c1-11(12-6-5-9-14(16)10-12)15-13-7-3-2-4-8-13/h2-4,7-8,11-12,15H,5-6,9-10H2,1H3. The zero-order valence-electron chi connectivity index (χ0n) is 9.78. The fraction of sp³-hybridized carbons (Fsp3) is 0.500. The number of ketones is 1. The van der Waals surface area contributed by atoms with Crippen molar-refractivity contribution in [3.8, 4) is 0 Å². The summed E-state index contributed by atoms with van der Waals surface area (Å²) in [6.07, 6.45) is 3.77. The summed E-state index contributed by atoms with van der Waals surface area (Å²) < 4.78 is 0. The first kappa shape index (κ1) is 11.2. The van der Waals surface area contributed by atoms with Gasteiger partial charge in [-0.2, -0.15) is 0 Å². The lowest BCUT2D eigenvalue weighted by molar-refractivity contribution is -0.121. The highest BCUT2D eigenvalue weighted by Gasteiger charge is 2.24. The van der Waals surface area contributed by atoms with Crippen molar-refractivity contribution in [1.82, 2.24) is 0 Å². The number of carbonyl (C=O) groups excluding carboxylic acids is 1. The number of hydrogen-bond donors (Lipinski definition) is 1. The summed E-state index contributed by atoms with van der Waals surface area (Å²) in [5.41, 5.74) is 1.15. The molecular formula is C14H19NO. The summed E-state index contributed by atoms with van der Waals surface area (Å²) in [6, 6.07) is 10.6. The predicted octanol–water partition coefficient (Wildman–Crippen LogP) is 3.25. The monoisotopic (exact) mass is 217 g/mol. The zero-order chi connectivity index (χ0) is 11.4. The second kappa shape index (κ2) is 5.15. The van der Waals surface area contributed by atoms with E-state index in [2.05, 4.69) is 24.4 Å². The SMILES string of the molecule is CC(Nc1ccccc1)C1CCCC(=O)C1. The van der Waals surface area contributed by atoms with Crippen molar-refractivity contribution in [2.24, 2.45) is 5.92 Å². The van der Waals surface area contributed by atoms with E-state index in [1.807, 2.05) is 18.2 Å². The van der Waals surface area contributed by atoms with Crippen molar-refractivity contribution < 1.29 is 4.79 Å². The largest absolute Gasteiger partial charge is 0.382 e. The molecule has 1 aliphatic rings. The van der Waals surface area contributed by atoms with E-state index in [0.717, 1.165) is 24.9 Å². The number of Topliss-reactive ketones (excluding diaryl/α,β-unsaturated/α-hetero) is 1. The quantitative estimate of drug-likeness (QED) is 0.842. The molecule has 2 atom stereocenters. The molecule has 0 amide bonds. The minimum atomic E-state index is 0.381. The second-order valence-corrected chi connectivity index (χ2v) is 4.69. The van der Waals surface area contributed by atoms with Crippen LogP contribution in [0.3, 0.4) is 0 Å². The molecular weight excluding hydrogens is 198 g/mol. The first-order valence-corrected chi connectivity index (χ1v) is 6.09. The lowest BCUT2D eigenvalue weighted by Gasteiger charge is -2.28. The van der Waals surface area contributed by atoms with Gasteiger partial charge in [-0.1, -0.05) is 18.2 Å².